The Balaban J connectivity index is 1.55. The van der Waals surface area contributed by atoms with E-state index in [-0.39, 0.29) is 18.9 Å². The number of aliphatic carboxylic acids is 1. The van der Waals surface area contributed by atoms with Crippen molar-refractivity contribution in [2.24, 2.45) is 0 Å². The van der Waals surface area contributed by atoms with Crippen molar-refractivity contribution >= 4 is 40.2 Å². The monoisotopic (exact) mass is 468 g/mol. The molecular weight excluding hydrogens is 453 g/mol. The van der Waals surface area contributed by atoms with Gasteiger partial charge in [-0.25, -0.2) is 4.79 Å². The van der Waals surface area contributed by atoms with Gasteiger partial charge in [-0.2, -0.15) is 18.3 Å². The van der Waals surface area contributed by atoms with E-state index in [1.165, 1.54) is 16.9 Å². The highest BCUT2D eigenvalue weighted by atomic mass is 35.5. The van der Waals surface area contributed by atoms with Gasteiger partial charge in [0.2, 0.25) is 0 Å². The molecule has 12 heteroatoms. The molecule has 1 aliphatic heterocycles. The normalized spacial score (nSPS) is 15.7. The summed E-state index contributed by atoms with van der Waals surface area (Å²) < 4.78 is 46.0. The van der Waals surface area contributed by atoms with Crippen molar-refractivity contribution in [2.75, 3.05) is 11.9 Å². The SMILES string of the molecule is O=C(O)Cn1ncc2c(NC(=O)NC3CCOc4c3ccc(C(F)(F)F)c4Cl)cccc21. The molecule has 0 saturated carbocycles. The highest BCUT2D eigenvalue weighted by molar-refractivity contribution is 6.33. The van der Waals surface area contributed by atoms with Crippen molar-refractivity contribution in [3.63, 3.8) is 0 Å². The molecule has 2 heterocycles. The largest absolute Gasteiger partial charge is 0.492 e. The standard InChI is InChI=1S/C20H16ClF3N4O4/c21-17-12(20(22,23)24)5-4-10-14(6-7-32-18(10)17)27-19(31)26-13-2-1-3-15-11(13)8-25-28(15)9-16(29)30/h1-5,8,14H,6-7,9H2,(H,29,30)(H2,26,27,31). The number of hydrogen-bond donors (Lipinski definition) is 3. The van der Waals surface area contributed by atoms with Gasteiger partial charge in [-0.1, -0.05) is 23.7 Å². The number of aromatic nitrogens is 2. The molecule has 0 fully saturated rings. The summed E-state index contributed by atoms with van der Waals surface area (Å²) in [5.41, 5.74) is 0.257. The first-order valence-electron chi connectivity index (χ1n) is 9.41. The van der Waals surface area contributed by atoms with Gasteiger partial charge < -0.3 is 20.5 Å². The summed E-state index contributed by atoms with van der Waals surface area (Å²) in [5.74, 6) is -1.16. The summed E-state index contributed by atoms with van der Waals surface area (Å²) in [4.78, 5) is 23.6. The molecule has 32 heavy (non-hydrogen) atoms. The van der Waals surface area contributed by atoms with Crippen LogP contribution in [0, 0.1) is 0 Å². The smallest absolute Gasteiger partial charge is 0.417 e. The first-order valence-corrected chi connectivity index (χ1v) is 9.79. The van der Waals surface area contributed by atoms with Crippen molar-refractivity contribution in [1.29, 1.82) is 0 Å². The lowest BCUT2D eigenvalue weighted by Crippen LogP contribution is -2.35. The molecule has 3 aromatic rings. The van der Waals surface area contributed by atoms with Gasteiger partial charge >= 0.3 is 18.2 Å². The summed E-state index contributed by atoms with van der Waals surface area (Å²) in [6.45, 7) is -0.255. The number of halogens is 4. The van der Waals surface area contributed by atoms with E-state index >= 15 is 0 Å². The Bertz CT molecular complexity index is 1210. The zero-order chi connectivity index (χ0) is 23.0. The Morgan fingerprint density at radius 2 is 2.06 bits per heavy atom. The average molecular weight is 469 g/mol. The van der Waals surface area contributed by atoms with Crippen LogP contribution in [0.15, 0.2) is 36.5 Å². The molecule has 1 aliphatic rings. The van der Waals surface area contributed by atoms with Crippen LogP contribution in [0.4, 0.5) is 23.7 Å². The molecule has 8 nitrogen and oxygen atoms in total. The van der Waals surface area contributed by atoms with Crippen molar-refractivity contribution in [3.05, 3.63) is 52.7 Å². The lowest BCUT2D eigenvalue weighted by Gasteiger charge is -2.28. The molecule has 168 valence electrons. The Hall–Kier alpha value is -3.47. The molecule has 0 saturated heterocycles. The van der Waals surface area contributed by atoms with Crippen LogP contribution in [0.5, 0.6) is 5.75 Å². The molecule has 4 rings (SSSR count). The minimum absolute atomic E-state index is 0.0799. The maximum Gasteiger partial charge on any atom is 0.417 e. The van der Waals surface area contributed by atoms with Gasteiger partial charge in [0, 0.05) is 17.4 Å². The van der Waals surface area contributed by atoms with Crippen LogP contribution < -0.4 is 15.4 Å². The summed E-state index contributed by atoms with van der Waals surface area (Å²) >= 11 is 5.92. The number of alkyl halides is 3. The third kappa shape index (κ3) is 4.15. The fraction of sp³-hybridized carbons (Fsp3) is 0.250. The number of ether oxygens (including phenoxy) is 1. The Morgan fingerprint density at radius 3 is 2.78 bits per heavy atom. The molecule has 1 aromatic heterocycles. The van der Waals surface area contributed by atoms with Gasteiger partial charge in [0.15, 0.2) is 0 Å². The van der Waals surface area contributed by atoms with Gasteiger partial charge in [-0.05, 0) is 18.2 Å². The third-order valence-electron chi connectivity index (χ3n) is 4.99. The van der Waals surface area contributed by atoms with Crippen molar-refractivity contribution in [2.45, 2.75) is 25.2 Å². The first-order chi connectivity index (χ1) is 15.1. The van der Waals surface area contributed by atoms with E-state index in [9.17, 15) is 22.8 Å². The van der Waals surface area contributed by atoms with E-state index in [0.29, 0.717) is 28.6 Å². The average Bonchev–Trinajstić information content (AvgIpc) is 3.11. The topological polar surface area (TPSA) is 105 Å². The van der Waals surface area contributed by atoms with E-state index < -0.39 is 34.8 Å². The summed E-state index contributed by atoms with van der Waals surface area (Å²) in [7, 11) is 0. The molecule has 3 N–H and O–H groups in total. The number of carboxylic acids is 1. The maximum absolute atomic E-state index is 13.1. The van der Waals surface area contributed by atoms with E-state index in [1.54, 1.807) is 18.2 Å². The molecule has 1 unspecified atom stereocenters. The molecule has 0 spiro atoms. The zero-order valence-electron chi connectivity index (χ0n) is 16.2. The van der Waals surface area contributed by atoms with Crippen LogP contribution in [0.3, 0.4) is 0 Å². The van der Waals surface area contributed by atoms with Crippen LogP contribution in [0.25, 0.3) is 10.9 Å². The number of hydrogen-bond acceptors (Lipinski definition) is 4. The van der Waals surface area contributed by atoms with Gasteiger partial charge in [0.1, 0.15) is 12.3 Å². The predicted molar refractivity (Wildman–Crippen MR) is 109 cm³/mol. The molecule has 1 atom stereocenters. The Kier molecular flexibility index (Phi) is 5.59. The van der Waals surface area contributed by atoms with E-state index in [2.05, 4.69) is 15.7 Å². The van der Waals surface area contributed by atoms with E-state index in [4.69, 9.17) is 21.4 Å². The molecule has 0 bridgehead atoms. The number of nitrogens with one attached hydrogen (secondary N) is 2. The second kappa shape index (κ2) is 8.23. The number of benzene rings is 2. The number of nitrogens with zero attached hydrogens (tertiary/aromatic N) is 2. The minimum Gasteiger partial charge on any atom is -0.492 e. The fourth-order valence-electron chi connectivity index (χ4n) is 3.58. The number of fused-ring (bicyclic) bond motifs is 2. The molecule has 2 aromatic carbocycles. The number of amides is 2. The summed E-state index contributed by atoms with van der Waals surface area (Å²) in [5, 5.41) is 18.4. The van der Waals surface area contributed by atoms with Crippen LogP contribution in [0.1, 0.15) is 23.6 Å². The lowest BCUT2D eigenvalue weighted by molar-refractivity contribution is -0.138. The second-order valence-electron chi connectivity index (χ2n) is 7.07. The van der Waals surface area contributed by atoms with Gasteiger partial charge in [0.05, 0.1) is 40.6 Å². The molecule has 0 radical (unpaired) electrons. The van der Waals surface area contributed by atoms with Gasteiger partial charge in [-0.3, -0.25) is 9.48 Å². The number of urea groups is 1. The van der Waals surface area contributed by atoms with Crippen molar-refractivity contribution in [3.8, 4) is 5.75 Å². The number of carbonyl (C=O) groups is 2. The summed E-state index contributed by atoms with van der Waals surface area (Å²) in [6, 6.07) is 5.82. The fourth-order valence-corrected chi connectivity index (χ4v) is 3.91. The van der Waals surface area contributed by atoms with Crippen LogP contribution in [-0.2, 0) is 17.5 Å². The number of anilines is 1. The highest BCUT2D eigenvalue weighted by Gasteiger charge is 2.37. The molecule has 2 amide bonds. The highest BCUT2D eigenvalue weighted by Crippen LogP contribution is 2.44. The van der Waals surface area contributed by atoms with Crippen LogP contribution >= 0.6 is 11.6 Å². The van der Waals surface area contributed by atoms with Crippen molar-refractivity contribution < 1.29 is 32.6 Å². The van der Waals surface area contributed by atoms with Gasteiger partial charge in [-0.15, -0.1) is 0 Å². The van der Waals surface area contributed by atoms with Crippen LogP contribution in [0.2, 0.25) is 5.02 Å². The Labute approximate surface area is 183 Å². The second-order valence-corrected chi connectivity index (χ2v) is 7.44. The lowest BCUT2D eigenvalue weighted by atomic mass is 9.98. The van der Waals surface area contributed by atoms with Gasteiger partial charge in [0.25, 0.3) is 0 Å². The van der Waals surface area contributed by atoms with Crippen LogP contribution in [-0.4, -0.2) is 33.5 Å². The Morgan fingerprint density at radius 1 is 1.28 bits per heavy atom. The zero-order valence-corrected chi connectivity index (χ0v) is 17.0. The van der Waals surface area contributed by atoms with Crippen molar-refractivity contribution in [1.82, 2.24) is 15.1 Å². The maximum atomic E-state index is 13.1. The third-order valence-corrected chi connectivity index (χ3v) is 5.36. The molecule has 0 aliphatic carbocycles. The number of rotatable bonds is 4. The first kappa shape index (κ1) is 21.8. The van der Waals surface area contributed by atoms with E-state index in [1.807, 2.05) is 0 Å². The quantitative estimate of drug-likeness (QED) is 0.525. The minimum atomic E-state index is -4.63. The molecular formula is C20H16ClF3N4O4. The number of carbonyl (C=O) groups excluding carboxylic acids is 1. The van der Waals surface area contributed by atoms with E-state index in [0.717, 1.165) is 6.07 Å². The number of carboxylic acid groups (broad SMARTS) is 1. The summed E-state index contributed by atoms with van der Waals surface area (Å²) in [6.07, 6.45) is -2.85. The predicted octanol–water partition coefficient (Wildman–Crippen LogP) is 4.44.